The predicted octanol–water partition coefficient (Wildman–Crippen LogP) is 5.51. The molecule has 1 atom stereocenters. The third-order valence-electron chi connectivity index (χ3n) is 7.84. The van der Waals surface area contributed by atoms with E-state index in [9.17, 15) is 4.79 Å². The van der Waals surface area contributed by atoms with Crippen molar-refractivity contribution in [1.29, 1.82) is 0 Å². The summed E-state index contributed by atoms with van der Waals surface area (Å²) >= 11 is 0. The van der Waals surface area contributed by atoms with Gasteiger partial charge in [0.15, 0.2) is 0 Å². The maximum absolute atomic E-state index is 12.6. The van der Waals surface area contributed by atoms with Crippen LogP contribution in [0.4, 0.5) is 0 Å². The Hall–Kier alpha value is -4.13. The molecule has 2 aliphatic rings. The van der Waals surface area contributed by atoms with Crippen LogP contribution in [0, 0.1) is 11.8 Å². The Morgan fingerprint density at radius 3 is 2.65 bits per heavy atom. The summed E-state index contributed by atoms with van der Waals surface area (Å²) in [6.45, 7) is 2.52. The van der Waals surface area contributed by atoms with E-state index in [0.29, 0.717) is 11.8 Å². The standard InChI is InChI=1S/C30H29N5O2/c1-37-27-4-2-3-26-28(27)32-29(35(26)18-19-13-14-34(17-19)30(36)22-9-10-22)21-7-5-20(6-8-21)23-11-12-25-24(15-23)16-31-33-25/h2-8,11-12,15-16,19,22H,9-10,13-14,17-18H2,1H3,(H,31,33). The highest BCUT2D eigenvalue weighted by Gasteiger charge is 2.36. The molecule has 2 fully saturated rings. The number of hydrogen-bond donors (Lipinski definition) is 1. The zero-order valence-corrected chi connectivity index (χ0v) is 20.9. The van der Waals surface area contributed by atoms with Gasteiger partial charge in [-0.1, -0.05) is 36.4 Å². The number of benzene rings is 3. The van der Waals surface area contributed by atoms with Gasteiger partial charge < -0.3 is 14.2 Å². The molecule has 1 amide bonds. The summed E-state index contributed by atoms with van der Waals surface area (Å²) in [6, 6.07) is 21.0. The smallest absolute Gasteiger partial charge is 0.225 e. The molecule has 3 aromatic carbocycles. The van der Waals surface area contributed by atoms with Crippen LogP contribution in [0.2, 0.25) is 0 Å². The monoisotopic (exact) mass is 491 g/mol. The fraction of sp³-hybridized carbons (Fsp3) is 0.300. The first-order valence-corrected chi connectivity index (χ1v) is 13.0. The lowest BCUT2D eigenvalue weighted by molar-refractivity contribution is -0.131. The van der Waals surface area contributed by atoms with Crippen LogP contribution in [0.3, 0.4) is 0 Å². The van der Waals surface area contributed by atoms with Crippen molar-refractivity contribution >= 4 is 27.8 Å². The van der Waals surface area contributed by atoms with Crippen molar-refractivity contribution in [2.45, 2.75) is 25.8 Å². The lowest BCUT2D eigenvalue weighted by Crippen LogP contribution is -2.30. The maximum atomic E-state index is 12.6. The number of carbonyl (C=O) groups excluding carboxylic acids is 1. The third-order valence-corrected chi connectivity index (χ3v) is 7.84. The molecular weight excluding hydrogens is 462 g/mol. The van der Waals surface area contributed by atoms with Gasteiger partial charge in [-0.2, -0.15) is 5.10 Å². The van der Waals surface area contributed by atoms with Crippen LogP contribution in [0.5, 0.6) is 5.75 Å². The summed E-state index contributed by atoms with van der Waals surface area (Å²) in [7, 11) is 1.69. The number of rotatable bonds is 6. The summed E-state index contributed by atoms with van der Waals surface area (Å²) in [6.07, 6.45) is 4.99. The molecule has 3 heterocycles. The maximum Gasteiger partial charge on any atom is 0.225 e. The van der Waals surface area contributed by atoms with Crippen molar-refractivity contribution in [3.8, 4) is 28.3 Å². The van der Waals surface area contributed by atoms with Gasteiger partial charge in [0.05, 0.1) is 24.3 Å². The molecule has 37 heavy (non-hydrogen) atoms. The van der Waals surface area contributed by atoms with E-state index >= 15 is 0 Å². The van der Waals surface area contributed by atoms with Gasteiger partial charge >= 0.3 is 0 Å². The molecule has 7 nitrogen and oxygen atoms in total. The molecule has 2 aromatic heterocycles. The van der Waals surface area contributed by atoms with Gasteiger partial charge in [0, 0.05) is 36.5 Å². The van der Waals surface area contributed by atoms with Crippen molar-refractivity contribution in [3.05, 3.63) is 66.9 Å². The van der Waals surface area contributed by atoms with Crippen molar-refractivity contribution < 1.29 is 9.53 Å². The summed E-state index contributed by atoms with van der Waals surface area (Å²) in [4.78, 5) is 19.8. The number of imidazole rings is 1. The number of likely N-dealkylation sites (tertiary alicyclic amines) is 1. The second-order valence-corrected chi connectivity index (χ2v) is 10.3. The Balaban J connectivity index is 1.23. The average Bonchev–Trinajstić information content (AvgIpc) is 3.32. The van der Waals surface area contributed by atoms with Crippen LogP contribution in [0.1, 0.15) is 19.3 Å². The quantitative estimate of drug-likeness (QED) is 0.340. The van der Waals surface area contributed by atoms with E-state index in [1.165, 1.54) is 0 Å². The number of amides is 1. The van der Waals surface area contributed by atoms with E-state index in [2.05, 4.69) is 68.2 Å². The number of ether oxygens (including phenoxy) is 1. The van der Waals surface area contributed by atoms with Gasteiger partial charge in [-0.15, -0.1) is 0 Å². The number of nitrogens with one attached hydrogen (secondary N) is 1. The normalized spacial score (nSPS) is 17.6. The van der Waals surface area contributed by atoms with Crippen LogP contribution < -0.4 is 4.74 Å². The van der Waals surface area contributed by atoms with Crippen LogP contribution in [-0.2, 0) is 11.3 Å². The molecule has 0 spiro atoms. The lowest BCUT2D eigenvalue weighted by Gasteiger charge is -2.18. The average molecular weight is 492 g/mol. The van der Waals surface area contributed by atoms with Crippen molar-refractivity contribution in [2.75, 3.05) is 20.2 Å². The fourth-order valence-corrected chi connectivity index (χ4v) is 5.65. The van der Waals surface area contributed by atoms with E-state index < -0.39 is 0 Å². The largest absolute Gasteiger partial charge is 0.494 e. The van der Waals surface area contributed by atoms with Gasteiger partial charge in [0.2, 0.25) is 5.91 Å². The summed E-state index contributed by atoms with van der Waals surface area (Å²) in [5, 5.41) is 8.24. The summed E-state index contributed by atoms with van der Waals surface area (Å²) in [5.41, 5.74) is 6.34. The molecule has 7 rings (SSSR count). The van der Waals surface area contributed by atoms with Gasteiger partial charge in [-0.25, -0.2) is 4.98 Å². The van der Waals surface area contributed by atoms with Gasteiger partial charge in [-0.05, 0) is 60.6 Å². The molecule has 0 bridgehead atoms. The van der Waals surface area contributed by atoms with Crippen molar-refractivity contribution in [1.82, 2.24) is 24.6 Å². The number of nitrogens with zero attached hydrogens (tertiary/aromatic N) is 4. The number of carbonyl (C=O) groups is 1. The van der Waals surface area contributed by atoms with Crippen LogP contribution in [0.25, 0.3) is 44.5 Å². The molecular formula is C30H29N5O2. The number of hydrogen-bond acceptors (Lipinski definition) is 4. The second-order valence-electron chi connectivity index (χ2n) is 10.3. The first-order chi connectivity index (χ1) is 18.2. The zero-order valence-electron chi connectivity index (χ0n) is 20.9. The number of aromatic amines is 1. The lowest BCUT2D eigenvalue weighted by atomic mass is 10.0. The Labute approximate surface area is 215 Å². The minimum atomic E-state index is 0.278. The van der Waals surface area contributed by atoms with Crippen LogP contribution in [0.15, 0.2) is 66.9 Å². The van der Waals surface area contributed by atoms with E-state index in [4.69, 9.17) is 9.72 Å². The van der Waals surface area contributed by atoms with Crippen LogP contribution in [-0.4, -0.2) is 50.8 Å². The highest BCUT2D eigenvalue weighted by molar-refractivity contribution is 5.87. The Morgan fingerprint density at radius 2 is 1.84 bits per heavy atom. The fourth-order valence-electron chi connectivity index (χ4n) is 5.65. The minimum Gasteiger partial charge on any atom is -0.494 e. The van der Waals surface area contributed by atoms with Crippen LogP contribution >= 0.6 is 0 Å². The molecule has 1 aliphatic carbocycles. The molecule has 1 saturated heterocycles. The van der Waals surface area contributed by atoms with Crippen molar-refractivity contribution in [3.63, 3.8) is 0 Å². The third kappa shape index (κ3) is 3.95. The highest BCUT2D eigenvalue weighted by Crippen LogP contribution is 2.36. The van der Waals surface area contributed by atoms with E-state index in [1.807, 2.05) is 18.3 Å². The van der Waals surface area contributed by atoms with E-state index in [1.54, 1.807) is 7.11 Å². The number of para-hydroxylation sites is 1. The number of methoxy groups -OCH3 is 1. The molecule has 7 heteroatoms. The number of aromatic nitrogens is 4. The number of H-pyrrole nitrogens is 1. The van der Waals surface area contributed by atoms with E-state index in [0.717, 1.165) is 89.1 Å². The molecule has 1 unspecified atom stereocenters. The van der Waals surface area contributed by atoms with E-state index in [-0.39, 0.29) is 5.92 Å². The molecule has 1 saturated carbocycles. The Morgan fingerprint density at radius 1 is 1.03 bits per heavy atom. The Bertz CT molecular complexity index is 1610. The predicted molar refractivity (Wildman–Crippen MR) is 144 cm³/mol. The van der Waals surface area contributed by atoms with Gasteiger partial charge in [0.25, 0.3) is 0 Å². The summed E-state index contributed by atoms with van der Waals surface area (Å²) in [5.74, 6) is 2.75. The molecule has 1 aliphatic heterocycles. The first-order valence-electron chi connectivity index (χ1n) is 13.0. The van der Waals surface area contributed by atoms with Crippen molar-refractivity contribution in [2.24, 2.45) is 11.8 Å². The second kappa shape index (κ2) is 8.76. The molecule has 0 radical (unpaired) electrons. The Kier molecular flexibility index (Phi) is 5.23. The minimum absolute atomic E-state index is 0.278. The highest BCUT2D eigenvalue weighted by atomic mass is 16.5. The first kappa shape index (κ1) is 22.1. The SMILES string of the molecule is COc1cccc2c1nc(-c1ccc(-c3ccc4[nH]ncc4c3)cc1)n2CC1CCN(C(=O)C2CC2)C1. The van der Waals surface area contributed by atoms with Gasteiger partial charge in [0.1, 0.15) is 17.1 Å². The number of fused-ring (bicyclic) bond motifs is 2. The summed E-state index contributed by atoms with van der Waals surface area (Å²) < 4.78 is 7.97. The van der Waals surface area contributed by atoms with Gasteiger partial charge in [-0.3, -0.25) is 9.89 Å². The zero-order chi connectivity index (χ0) is 24.9. The topological polar surface area (TPSA) is 76.0 Å². The molecule has 5 aromatic rings. The molecule has 186 valence electrons. The molecule has 1 N–H and O–H groups in total.